The molecule has 2 unspecified atom stereocenters. The summed E-state index contributed by atoms with van der Waals surface area (Å²) in [6.07, 6.45) is 3.07. The van der Waals surface area contributed by atoms with Crippen LogP contribution >= 0.6 is 0 Å². The molecular weight excluding hydrogens is 248 g/mol. The molecule has 3 N–H and O–H groups in total. The summed E-state index contributed by atoms with van der Waals surface area (Å²) in [6.45, 7) is 3.97. The van der Waals surface area contributed by atoms with Crippen LogP contribution in [-0.4, -0.2) is 14.5 Å². The van der Waals surface area contributed by atoms with Crippen molar-refractivity contribution in [3.63, 3.8) is 0 Å². The van der Waals surface area contributed by atoms with Gasteiger partial charge in [0.2, 0.25) is 10.0 Å². The highest BCUT2D eigenvalue weighted by Gasteiger charge is 2.29. The summed E-state index contributed by atoms with van der Waals surface area (Å²) in [5, 5.41) is 0. The van der Waals surface area contributed by atoms with E-state index in [4.69, 9.17) is 5.73 Å². The van der Waals surface area contributed by atoms with Crippen LogP contribution in [0.2, 0.25) is 0 Å². The van der Waals surface area contributed by atoms with Gasteiger partial charge in [0, 0.05) is 6.04 Å². The molecule has 1 aromatic rings. The summed E-state index contributed by atoms with van der Waals surface area (Å²) < 4.78 is 27.3. The normalized spacial score (nSPS) is 24.3. The first-order valence-electron chi connectivity index (χ1n) is 6.28. The van der Waals surface area contributed by atoms with E-state index in [-0.39, 0.29) is 10.9 Å². The fraction of sp³-hybridized carbons (Fsp3) is 0.538. The van der Waals surface area contributed by atoms with E-state index in [1.54, 1.807) is 18.2 Å². The Morgan fingerprint density at radius 3 is 2.61 bits per heavy atom. The van der Waals surface area contributed by atoms with Crippen LogP contribution in [0.15, 0.2) is 23.1 Å². The van der Waals surface area contributed by atoms with Crippen LogP contribution in [0.3, 0.4) is 0 Å². The van der Waals surface area contributed by atoms with E-state index >= 15 is 0 Å². The van der Waals surface area contributed by atoms with Gasteiger partial charge in [0.15, 0.2) is 0 Å². The fourth-order valence-corrected chi connectivity index (χ4v) is 3.99. The number of nitrogen functional groups attached to an aromatic ring is 1. The number of hydrogen-bond acceptors (Lipinski definition) is 3. The Hall–Kier alpha value is -1.07. The van der Waals surface area contributed by atoms with Crippen molar-refractivity contribution in [2.75, 3.05) is 5.73 Å². The van der Waals surface area contributed by atoms with Gasteiger partial charge in [0.1, 0.15) is 4.90 Å². The smallest absolute Gasteiger partial charge is 0.242 e. The second-order valence-corrected chi connectivity index (χ2v) is 6.86. The van der Waals surface area contributed by atoms with Gasteiger partial charge in [-0.3, -0.25) is 0 Å². The number of nitrogens with two attached hydrogens (primary N) is 1. The summed E-state index contributed by atoms with van der Waals surface area (Å²) in [7, 11) is -3.50. The topological polar surface area (TPSA) is 72.2 Å². The molecule has 4 nitrogen and oxygen atoms in total. The quantitative estimate of drug-likeness (QED) is 0.824. The van der Waals surface area contributed by atoms with Crippen LogP contribution in [0, 0.1) is 12.8 Å². The molecule has 100 valence electrons. The first-order chi connectivity index (χ1) is 8.40. The third kappa shape index (κ3) is 2.67. The van der Waals surface area contributed by atoms with Crippen molar-refractivity contribution in [2.45, 2.75) is 44.0 Å². The van der Waals surface area contributed by atoms with Crippen molar-refractivity contribution < 1.29 is 8.42 Å². The van der Waals surface area contributed by atoms with Gasteiger partial charge in [-0.2, -0.15) is 0 Å². The standard InChI is InChI=1S/C13H20N2O2S/c1-9-6-7-13(11(14)8-9)18(16,17)15-12-5-3-4-10(12)2/h6-8,10,12,15H,3-5,14H2,1-2H3. The Bertz CT molecular complexity index is 540. The molecule has 18 heavy (non-hydrogen) atoms. The average Bonchev–Trinajstić information content (AvgIpc) is 2.63. The van der Waals surface area contributed by atoms with Gasteiger partial charge in [-0.25, -0.2) is 13.1 Å². The molecule has 1 aliphatic rings. The number of benzene rings is 1. The highest BCUT2D eigenvalue weighted by Crippen LogP contribution is 2.27. The second-order valence-electron chi connectivity index (χ2n) is 5.18. The maximum Gasteiger partial charge on any atom is 0.242 e. The number of sulfonamides is 1. The van der Waals surface area contributed by atoms with Gasteiger partial charge in [0.25, 0.3) is 0 Å². The lowest BCUT2D eigenvalue weighted by molar-refractivity contribution is 0.476. The molecule has 0 amide bonds. The van der Waals surface area contributed by atoms with Crippen LogP contribution in [0.4, 0.5) is 5.69 Å². The van der Waals surface area contributed by atoms with E-state index < -0.39 is 10.0 Å². The van der Waals surface area contributed by atoms with Crippen molar-refractivity contribution in [3.8, 4) is 0 Å². The van der Waals surface area contributed by atoms with Crippen molar-refractivity contribution in [1.82, 2.24) is 4.72 Å². The van der Waals surface area contributed by atoms with E-state index in [0.29, 0.717) is 11.6 Å². The van der Waals surface area contributed by atoms with Gasteiger partial charge in [0.05, 0.1) is 5.69 Å². The van der Waals surface area contributed by atoms with Gasteiger partial charge in [-0.1, -0.05) is 19.4 Å². The van der Waals surface area contributed by atoms with Crippen LogP contribution in [0.25, 0.3) is 0 Å². The summed E-state index contributed by atoms with van der Waals surface area (Å²) in [5.74, 6) is 0.395. The molecule has 2 atom stereocenters. The summed E-state index contributed by atoms with van der Waals surface area (Å²) in [5.41, 5.74) is 7.07. The number of aryl methyl sites for hydroxylation is 1. The van der Waals surface area contributed by atoms with E-state index in [2.05, 4.69) is 11.6 Å². The average molecular weight is 268 g/mol. The molecule has 1 fully saturated rings. The minimum Gasteiger partial charge on any atom is -0.398 e. The summed E-state index contributed by atoms with van der Waals surface area (Å²) >= 11 is 0. The van der Waals surface area contributed by atoms with Crippen LogP contribution < -0.4 is 10.5 Å². The van der Waals surface area contributed by atoms with E-state index in [0.717, 1.165) is 24.8 Å². The minimum atomic E-state index is -3.50. The lowest BCUT2D eigenvalue weighted by Crippen LogP contribution is -2.36. The van der Waals surface area contributed by atoms with Crippen LogP contribution in [-0.2, 0) is 10.0 Å². The molecule has 1 aliphatic carbocycles. The number of anilines is 1. The number of nitrogens with one attached hydrogen (secondary N) is 1. The molecule has 0 heterocycles. The predicted octanol–water partition coefficient (Wildman–Crippen LogP) is 2.04. The molecule has 1 aromatic carbocycles. The monoisotopic (exact) mass is 268 g/mol. The van der Waals surface area contributed by atoms with Crippen LogP contribution in [0.1, 0.15) is 31.7 Å². The van der Waals surface area contributed by atoms with Gasteiger partial charge < -0.3 is 5.73 Å². The van der Waals surface area contributed by atoms with Crippen molar-refractivity contribution >= 4 is 15.7 Å². The van der Waals surface area contributed by atoms with Gasteiger partial charge in [-0.05, 0) is 43.4 Å². The number of hydrogen-bond donors (Lipinski definition) is 2. The van der Waals surface area contributed by atoms with E-state index in [1.165, 1.54) is 0 Å². The molecule has 0 aromatic heterocycles. The summed E-state index contributed by atoms with van der Waals surface area (Å²) in [6, 6.07) is 5.07. The minimum absolute atomic E-state index is 0.0377. The maximum atomic E-state index is 12.3. The largest absolute Gasteiger partial charge is 0.398 e. The third-order valence-corrected chi connectivity index (χ3v) is 5.19. The van der Waals surface area contributed by atoms with Crippen molar-refractivity contribution in [1.29, 1.82) is 0 Å². The summed E-state index contributed by atoms with van der Waals surface area (Å²) in [4.78, 5) is 0.187. The highest BCUT2D eigenvalue weighted by molar-refractivity contribution is 7.89. The molecule has 0 spiro atoms. The first-order valence-corrected chi connectivity index (χ1v) is 7.77. The molecule has 5 heteroatoms. The Kier molecular flexibility index (Phi) is 3.64. The second kappa shape index (κ2) is 4.90. The molecule has 2 rings (SSSR count). The van der Waals surface area contributed by atoms with E-state index in [9.17, 15) is 8.42 Å². The molecule has 0 aliphatic heterocycles. The van der Waals surface area contributed by atoms with Crippen molar-refractivity contribution in [3.05, 3.63) is 23.8 Å². The predicted molar refractivity (Wildman–Crippen MR) is 72.7 cm³/mol. The maximum absolute atomic E-state index is 12.3. The number of rotatable bonds is 3. The van der Waals surface area contributed by atoms with E-state index in [1.807, 2.05) is 6.92 Å². The Morgan fingerprint density at radius 2 is 2.06 bits per heavy atom. The SMILES string of the molecule is Cc1ccc(S(=O)(=O)NC2CCCC2C)c(N)c1. The lowest BCUT2D eigenvalue weighted by Gasteiger charge is -2.18. The Balaban J connectivity index is 2.25. The van der Waals surface area contributed by atoms with Gasteiger partial charge in [-0.15, -0.1) is 0 Å². The Labute approximate surface area is 109 Å². The zero-order valence-corrected chi connectivity index (χ0v) is 11.6. The molecule has 0 radical (unpaired) electrons. The molecule has 0 bridgehead atoms. The Morgan fingerprint density at radius 1 is 1.33 bits per heavy atom. The zero-order valence-electron chi connectivity index (χ0n) is 10.8. The van der Waals surface area contributed by atoms with Gasteiger partial charge >= 0.3 is 0 Å². The molecular formula is C13H20N2O2S. The zero-order chi connectivity index (χ0) is 13.3. The fourth-order valence-electron chi connectivity index (χ4n) is 2.50. The molecule has 0 saturated heterocycles. The lowest BCUT2D eigenvalue weighted by atomic mass is 10.1. The molecule has 1 saturated carbocycles. The van der Waals surface area contributed by atoms with Crippen molar-refractivity contribution in [2.24, 2.45) is 5.92 Å². The highest BCUT2D eigenvalue weighted by atomic mass is 32.2. The first kappa shape index (κ1) is 13.4. The van der Waals surface area contributed by atoms with Crippen LogP contribution in [0.5, 0.6) is 0 Å². The third-order valence-electron chi connectivity index (χ3n) is 3.62.